The van der Waals surface area contributed by atoms with Crippen molar-refractivity contribution in [2.45, 2.75) is 25.5 Å². The Morgan fingerprint density at radius 3 is 2.41 bits per heavy atom. The van der Waals surface area contributed by atoms with Gasteiger partial charge in [0.15, 0.2) is 5.15 Å². The predicted molar refractivity (Wildman–Crippen MR) is 132 cm³/mol. The summed E-state index contributed by atoms with van der Waals surface area (Å²) in [4.78, 5) is 18.9. The van der Waals surface area contributed by atoms with Gasteiger partial charge in [-0.2, -0.15) is 5.10 Å². The Bertz CT molecular complexity index is 1360. The Morgan fingerprint density at radius 1 is 0.971 bits per heavy atom. The quantitative estimate of drug-likeness (QED) is 0.397. The van der Waals surface area contributed by atoms with E-state index >= 15 is 0 Å². The first-order valence-electron chi connectivity index (χ1n) is 10.8. The number of benzene rings is 2. The molecule has 0 saturated carbocycles. The topological polar surface area (TPSA) is 94.2 Å². The fourth-order valence-corrected chi connectivity index (χ4v) is 4.51. The van der Waals surface area contributed by atoms with E-state index in [-0.39, 0.29) is 17.3 Å². The zero-order chi connectivity index (χ0) is 23.9. The summed E-state index contributed by atoms with van der Waals surface area (Å²) in [5, 5.41) is 7.95. The summed E-state index contributed by atoms with van der Waals surface area (Å²) in [5.41, 5.74) is 10.4. The highest BCUT2D eigenvalue weighted by Crippen LogP contribution is 2.44. The van der Waals surface area contributed by atoms with Gasteiger partial charge in [-0.3, -0.25) is 4.90 Å². The van der Waals surface area contributed by atoms with Crippen LogP contribution in [-0.4, -0.2) is 26.9 Å². The fourth-order valence-electron chi connectivity index (χ4n) is 4.35. The van der Waals surface area contributed by atoms with E-state index in [0.717, 1.165) is 27.9 Å². The third-order valence-corrected chi connectivity index (χ3v) is 6.10. The van der Waals surface area contributed by atoms with Crippen LogP contribution in [0.3, 0.4) is 0 Å². The number of pyridine rings is 1. The van der Waals surface area contributed by atoms with Crippen LogP contribution < -0.4 is 10.6 Å². The summed E-state index contributed by atoms with van der Waals surface area (Å²) < 4.78 is 5.73. The van der Waals surface area contributed by atoms with Gasteiger partial charge >= 0.3 is 6.09 Å². The van der Waals surface area contributed by atoms with Gasteiger partial charge in [0.2, 0.25) is 0 Å². The zero-order valence-corrected chi connectivity index (χ0v) is 19.4. The second-order valence-corrected chi connectivity index (χ2v) is 9.01. The molecule has 1 aliphatic heterocycles. The molecule has 8 heteroatoms. The van der Waals surface area contributed by atoms with Crippen LogP contribution in [0.2, 0.25) is 5.15 Å². The van der Waals surface area contributed by atoms with E-state index in [4.69, 9.17) is 22.1 Å². The van der Waals surface area contributed by atoms with E-state index in [1.807, 2.05) is 74.5 Å². The number of hydrogen-bond acceptors (Lipinski definition) is 6. The van der Waals surface area contributed by atoms with Crippen molar-refractivity contribution in [2.24, 2.45) is 0 Å². The molecule has 7 nitrogen and oxygen atoms in total. The number of aromatic nitrogens is 3. The van der Waals surface area contributed by atoms with Crippen molar-refractivity contribution < 1.29 is 9.53 Å². The van der Waals surface area contributed by atoms with E-state index in [0.29, 0.717) is 11.4 Å². The Hall–Kier alpha value is -3.97. The molecular weight excluding hydrogens is 450 g/mol. The maximum Gasteiger partial charge on any atom is 0.415 e. The molecule has 1 amide bonds. The van der Waals surface area contributed by atoms with Crippen LogP contribution in [0.1, 0.15) is 25.5 Å². The zero-order valence-electron chi connectivity index (χ0n) is 18.6. The Morgan fingerprint density at radius 2 is 1.71 bits per heavy atom. The van der Waals surface area contributed by atoms with Gasteiger partial charge < -0.3 is 10.5 Å². The maximum absolute atomic E-state index is 12.9. The molecule has 2 N–H and O–H groups in total. The van der Waals surface area contributed by atoms with E-state index < -0.39 is 5.60 Å². The molecule has 170 valence electrons. The highest BCUT2D eigenvalue weighted by Gasteiger charge is 2.49. The number of nitrogens with zero attached hydrogens (tertiary/aromatic N) is 4. The number of amides is 1. The number of hydrogen-bond donors (Lipinski definition) is 1. The van der Waals surface area contributed by atoms with Gasteiger partial charge in [0.05, 0.1) is 6.20 Å². The number of nitrogens with two attached hydrogens (primary N) is 1. The van der Waals surface area contributed by atoms with E-state index in [2.05, 4.69) is 15.2 Å². The Labute approximate surface area is 202 Å². The van der Waals surface area contributed by atoms with Gasteiger partial charge in [-0.15, -0.1) is 5.10 Å². The molecule has 2 aromatic heterocycles. The molecule has 0 spiro atoms. The molecule has 1 saturated heterocycles. The minimum atomic E-state index is -0.674. The third kappa shape index (κ3) is 3.95. The summed E-state index contributed by atoms with van der Waals surface area (Å²) in [6.07, 6.45) is 2.94. The fraction of sp³-hybridized carbons (Fsp3) is 0.154. The van der Waals surface area contributed by atoms with Gasteiger partial charge in [0.25, 0.3) is 0 Å². The second-order valence-electron chi connectivity index (χ2n) is 8.63. The Balaban J connectivity index is 1.50. The third-order valence-electron chi connectivity index (χ3n) is 5.91. The van der Waals surface area contributed by atoms with Gasteiger partial charge in [-0.05, 0) is 49.2 Å². The summed E-state index contributed by atoms with van der Waals surface area (Å²) >= 11 is 5.99. The van der Waals surface area contributed by atoms with Crippen LogP contribution in [0.25, 0.3) is 22.3 Å². The SMILES string of the molecule is CC1(C)OC(=O)N(c2ccc(-c3cnc(N)c(-c4cnnc(Cl)c4)c3)cc2)[C@H]1c1ccccc1. The van der Waals surface area contributed by atoms with Crippen molar-refractivity contribution in [1.82, 2.24) is 15.2 Å². The minimum absolute atomic E-state index is 0.249. The smallest absolute Gasteiger partial charge is 0.415 e. The van der Waals surface area contributed by atoms with Gasteiger partial charge in [0, 0.05) is 28.6 Å². The molecule has 0 radical (unpaired) electrons. The lowest BCUT2D eigenvalue weighted by atomic mass is 9.91. The summed E-state index contributed by atoms with van der Waals surface area (Å²) in [6, 6.07) is 21.0. The number of ether oxygens (including phenoxy) is 1. The number of carbonyl (C=O) groups is 1. The number of rotatable bonds is 4. The van der Waals surface area contributed by atoms with Crippen molar-refractivity contribution in [3.05, 3.63) is 89.8 Å². The minimum Gasteiger partial charge on any atom is -0.441 e. The molecule has 3 heterocycles. The van der Waals surface area contributed by atoms with E-state index in [1.54, 1.807) is 23.4 Å². The predicted octanol–water partition coefficient (Wildman–Crippen LogP) is 5.92. The first-order chi connectivity index (χ1) is 16.3. The molecule has 5 rings (SSSR count). The van der Waals surface area contributed by atoms with Crippen molar-refractivity contribution in [3.8, 4) is 22.3 Å². The lowest BCUT2D eigenvalue weighted by molar-refractivity contribution is 0.0685. The second kappa shape index (κ2) is 8.43. The molecule has 34 heavy (non-hydrogen) atoms. The molecule has 0 unspecified atom stereocenters. The van der Waals surface area contributed by atoms with Crippen LogP contribution in [0.15, 0.2) is 79.1 Å². The normalized spacial score (nSPS) is 17.0. The summed E-state index contributed by atoms with van der Waals surface area (Å²) in [5.74, 6) is 0.372. The van der Waals surface area contributed by atoms with Crippen LogP contribution in [0.5, 0.6) is 0 Å². The molecule has 1 aliphatic rings. The maximum atomic E-state index is 12.9. The lowest BCUT2D eigenvalue weighted by Gasteiger charge is -2.29. The van der Waals surface area contributed by atoms with Crippen molar-refractivity contribution in [2.75, 3.05) is 10.6 Å². The average Bonchev–Trinajstić information content (AvgIpc) is 3.08. The number of carbonyl (C=O) groups excluding carboxylic acids is 1. The molecule has 1 fully saturated rings. The van der Waals surface area contributed by atoms with Crippen LogP contribution >= 0.6 is 11.6 Å². The number of anilines is 2. The van der Waals surface area contributed by atoms with E-state index in [9.17, 15) is 4.79 Å². The molecule has 1 atom stereocenters. The van der Waals surface area contributed by atoms with Crippen molar-refractivity contribution in [1.29, 1.82) is 0 Å². The van der Waals surface area contributed by atoms with Crippen LogP contribution in [0, 0.1) is 0 Å². The first kappa shape index (κ1) is 21.9. The number of cyclic esters (lactones) is 1. The standard InChI is InChI=1S/C26H22ClN5O2/c1-26(2)23(17-6-4-3-5-7-17)32(25(33)34-26)20-10-8-16(9-11-20)18-12-21(24(28)29-14-18)19-13-22(27)31-30-15-19/h3-15,23H,1-2H3,(H2,28,29)/t23-/m0/s1. The first-order valence-corrected chi connectivity index (χ1v) is 11.1. The molecule has 0 aliphatic carbocycles. The number of nitrogen functional groups attached to an aromatic ring is 1. The highest BCUT2D eigenvalue weighted by molar-refractivity contribution is 6.29. The number of halogens is 1. The molecule has 2 aromatic carbocycles. The molecule has 4 aromatic rings. The van der Waals surface area contributed by atoms with Crippen LogP contribution in [0.4, 0.5) is 16.3 Å². The van der Waals surface area contributed by atoms with Crippen molar-refractivity contribution >= 4 is 29.2 Å². The van der Waals surface area contributed by atoms with Gasteiger partial charge in [0.1, 0.15) is 17.5 Å². The van der Waals surface area contributed by atoms with Crippen LogP contribution in [-0.2, 0) is 4.74 Å². The highest BCUT2D eigenvalue weighted by atomic mass is 35.5. The van der Waals surface area contributed by atoms with Gasteiger partial charge in [-0.25, -0.2) is 9.78 Å². The monoisotopic (exact) mass is 471 g/mol. The lowest BCUT2D eigenvalue weighted by Crippen LogP contribution is -2.33. The Kier molecular flexibility index (Phi) is 5.42. The van der Waals surface area contributed by atoms with Gasteiger partial charge in [-0.1, -0.05) is 54.1 Å². The molecule has 0 bridgehead atoms. The average molecular weight is 472 g/mol. The summed E-state index contributed by atoms with van der Waals surface area (Å²) in [6.45, 7) is 3.86. The summed E-state index contributed by atoms with van der Waals surface area (Å²) in [7, 11) is 0. The van der Waals surface area contributed by atoms with Crippen molar-refractivity contribution in [3.63, 3.8) is 0 Å². The molecular formula is C26H22ClN5O2. The largest absolute Gasteiger partial charge is 0.441 e. The van der Waals surface area contributed by atoms with E-state index in [1.165, 1.54) is 0 Å².